The van der Waals surface area contributed by atoms with Crippen molar-refractivity contribution in [2.45, 2.75) is 12.5 Å². The largest absolute Gasteiger partial charge is 0.497 e. The van der Waals surface area contributed by atoms with Crippen molar-refractivity contribution in [3.05, 3.63) is 46.1 Å². The predicted octanol–water partition coefficient (Wildman–Crippen LogP) is 2.00. The van der Waals surface area contributed by atoms with Crippen molar-refractivity contribution in [1.82, 2.24) is 15.6 Å². The summed E-state index contributed by atoms with van der Waals surface area (Å²) in [5, 5.41) is 8.08. The Morgan fingerprint density at radius 2 is 2.00 bits per heavy atom. The van der Waals surface area contributed by atoms with Crippen LogP contribution in [-0.2, 0) is 6.42 Å². The molecule has 1 atom stereocenters. The van der Waals surface area contributed by atoms with Crippen LogP contribution >= 0.6 is 15.9 Å². The van der Waals surface area contributed by atoms with Crippen molar-refractivity contribution in [3.8, 4) is 11.6 Å². The molecule has 0 amide bonds. The van der Waals surface area contributed by atoms with Crippen molar-refractivity contribution in [1.29, 1.82) is 0 Å². The highest BCUT2D eigenvalue weighted by atomic mass is 79.9. The second-order valence-electron chi connectivity index (χ2n) is 4.38. The maximum atomic E-state index is 5.65. The van der Waals surface area contributed by atoms with Crippen LogP contribution in [0.1, 0.15) is 17.3 Å². The second kappa shape index (κ2) is 7.35. The number of ether oxygens (including phenoxy) is 2. The van der Waals surface area contributed by atoms with Crippen molar-refractivity contribution in [2.24, 2.45) is 5.84 Å². The van der Waals surface area contributed by atoms with E-state index in [1.807, 2.05) is 24.3 Å². The van der Waals surface area contributed by atoms with Gasteiger partial charge in [0.2, 0.25) is 5.88 Å². The minimum absolute atomic E-state index is 0.160. The molecule has 6 nitrogen and oxygen atoms in total. The highest BCUT2D eigenvalue weighted by molar-refractivity contribution is 9.10. The van der Waals surface area contributed by atoms with Gasteiger partial charge >= 0.3 is 0 Å². The molecule has 7 heteroatoms. The van der Waals surface area contributed by atoms with Crippen LogP contribution in [0.4, 0.5) is 0 Å². The summed E-state index contributed by atoms with van der Waals surface area (Å²) < 4.78 is 11.2. The van der Waals surface area contributed by atoms with Gasteiger partial charge in [0.05, 0.1) is 26.0 Å². The number of halogens is 1. The fraction of sp³-hybridized carbons (Fsp3) is 0.286. The first kappa shape index (κ1) is 15.7. The average molecular weight is 353 g/mol. The van der Waals surface area contributed by atoms with Gasteiger partial charge in [-0.15, -0.1) is 5.10 Å². The Morgan fingerprint density at radius 3 is 2.57 bits per heavy atom. The Kier molecular flexibility index (Phi) is 5.49. The van der Waals surface area contributed by atoms with E-state index >= 15 is 0 Å². The normalized spacial score (nSPS) is 12.0. The smallest absolute Gasteiger partial charge is 0.233 e. The maximum Gasteiger partial charge on any atom is 0.233 e. The number of methoxy groups -OCH3 is 2. The maximum absolute atomic E-state index is 5.65. The number of hydrogen-bond acceptors (Lipinski definition) is 6. The summed E-state index contributed by atoms with van der Waals surface area (Å²) in [6.45, 7) is 0. The molecule has 21 heavy (non-hydrogen) atoms. The molecule has 0 aliphatic carbocycles. The van der Waals surface area contributed by atoms with Crippen molar-refractivity contribution in [2.75, 3.05) is 14.2 Å². The van der Waals surface area contributed by atoms with Crippen molar-refractivity contribution < 1.29 is 9.47 Å². The average Bonchev–Trinajstić information content (AvgIpc) is 2.54. The van der Waals surface area contributed by atoms with E-state index in [9.17, 15) is 0 Å². The van der Waals surface area contributed by atoms with Gasteiger partial charge in [-0.2, -0.15) is 5.10 Å². The predicted molar refractivity (Wildman–Crippen MR) is 83.0 cm³/mol. The number of hydrazine groups is 1. The molecule has 3 N–H and O–H groups in total. The number of nitrogens with one attached hydrogen (secondary N) is 1. The van der Waals surface area contributed by atoms with E-state index < -0.39 is 0 Å². The van der Waals surface area contributed by atoms with Gasteiger partial charge < -0.3 is 9.47 Å². The van der Waals surface area contributed by atoms with E-state index in [4.69, 9.17) is 15.3 Å². The molecular weight excluding hydrogens is 336 g/mol. The number of rotatable bonds is 6. The number of nitrogens with zero attached hydrogens (tertiary/aromatic N) is 2. The van der Waals surface area contributed by atoms with Gasteiger partial charge in [-0.1, -0.05) is 15.9 Å². The lowest BCUT2D eigenvalue weighted by Gasteiger charge is -2.16. The van der Waals surface area contributed by atoms with Crippen LogP contribution in [0.5, 0.6) is 11.6 Å². The van der Waals surface area contributed by atoms with E-state index in [1.54, 1.807) is 20.3 Å². The third-order valence-corrected chi connectivity index (χ3v) is 3.88. The number of aromatic nitrogens is 2. The molecule has 0 aliphatic rings. The standard InChI is InChI=1S/C14H17BrN4O2/c1-20-10-3-4-11(15)9(7-10)8-13(17-16)12-5-6-14(21-2)19-18-12/h3-7,13,17H,8,16H2,1-2H3. The monoisotopic (exact) mass is 352 g/mol. The Bertz CT molecular complexity index is 592. The third kappa shape index (κ3) is 3.90. The fourth-order valence-corrected chi connectivity index (χ4v) is 2.34. The van der Waals surface area contributed by atoms with Crippen LogP contribution in [0, 0.1) is 0 Å². The highest BCUT2D eigenvalue weighted by Crippen LogP contribution is 2.26. The van der Waals surface area contributed by atoms with Gasteiger partial charge in [0.1, 0.15) is 5.75 Å². The van der Waals surface area contributed by atoms with E-state index in [0.29, 0.717) is 12.3 Å². The first-order chi connectivity index (χ1) is 10.2. The SMILES string of the molecule is COc1ccc(Br)c(CC(NN)c2ccc(OC)nn2)c1. The Balaban J connectivity index is 2.21. The molecule has 0 fully saturated rings. The molecule has 2 aromatic rings. The molecule has 0 spiro atoms. The van der Waals surface area contributed by atoms with Crippen LogP contribution in [0.15, 0.2) is 34.8 Å². The Labute approximate surface area is 131 Å². The van der Waals surface area contributed by atoms with Gasteiger partial charge in [-0.25, -0.2) is 0 Å². The van der Waals surface area contributed by atoms with Gasteiger partial charge in [-0.3, -0.25) is 11.3 Å². The topological polar surface area (TPSA) is 82.3 Å². The molecule has 1 aromatic heterocycles. The summed E-state index contributed by atoms with van der Waals surface area (Å²) in [5.74, 6) is 6.91. The zero-order valence-corrected chi connectivity index (χ0v) is 13.4. The number of nitrogens with two attached hydrogens (primary N) is 1. The zero-order valence-electron chi connectivity index (χ0n) is 11.8. The molecule has 0 saturated heterocycles. The van der Waals surface area contributed by atoms with E-state index in [-0.39, 0.29) is 6.04 Å². The molecule has 0 aliphatic heterocycles. The quantitative estimate of drug-likeness (QED) is 0.611. The van der Waals surface area contributed by atoms with Crippen molar-refractivity contribution >= 4 is 15.9 Å². The second-order valence-corrected chi connectivity index (χ2v) is 5.24. The van der Waals surface area contributed by atoms with Crippen LogP contribution in [-0.4, -0.2) is 24.4 Å². The zero-order chi connectivity index (χ0) is 15.2. The molecule has 2 rings (SSSR count). The lowest BCUT2D eigenvalue weighted by molar-refractivity contribution is 0.389. The summed E-state index contributed by atoms with van der Waals surface area (Å²) in [7, 11) is 3.19. The molecular formula is C14H17BrN4O2. The summed E-state index contributed by atoms with van der Waals surface area (Å²) >= 11 is 3.53. The number of hydrogen-bond donors (Lipinski definition) is 2. The molecule has 0 bridgehead atoms. The molecule has 0 saturated carbocycles. The van der Waals surface area contributed by atoms with Gasteiger partial charge in [0, 0.05) is 10.5 Å². The Morgan fingerprint density at radius 1 is 1.19 bits per heavy atom. The molecule has 1 heterocycles. The lowest BCUT2D eigenvalue weighted by atomic mass is 10.0. The van der Waals surface area contributed by atoms with Gasteiger partial charge in [0.15, 0.2) is 0 Å². The van der Waals surface area contributed by atoms with E-state index in [2.05, 4.69) is 31.6 Å². The minimum Gasteiger partial charge on any atom is -0.497 e. The van der Waals surface area contributed by atoms with Gasteiger partial charge in [-0.05, 0) is 36.2 Å². The minimum atomic E-state index is -0.160. The molecule has 112 valence electrons. The fourth-order valence-electron chi connectivity index (χ4n) is 1.93. The summed E-state index contributed by atoms with van der Waals surface area (Å²) in [5.41, 5.74) is 4.57. The number of benzene rings is 1. The van der Waals surface area contributed by atoms with Crippen LogP contribution in [0.25, 0.3) is 0 Å². The summed E-state index contributed by atoms with van der Waals surface area (Å²) in [4.78, 5) is 0. The van der Waals surface area contributed by atoms with Crippen LogP contribution in [0.3, 0.4) is 0 Å². The van der Waals surface area contributed by atoms with Crippen LogP contribution in [0.2, 0.25) is 0 Å². The Hall–Kier alpha value is -1.70. The van der Waals surface area contributed by atoms with E-state index in [1.165, 1.54) is 0 Å². The van der Waals surface area contributed by atoms with E-state index in [0.717, 1.165) is 21.5 Å². The molecule has 0 radical (unpaired) electrons. The highest BCUT2D eigenvalue weighted by Gasteiger charge is 2.15. The molecule has 1 unspecified atom stereocenters. The van der Waals surface area contributed by atoms with Crippen LogP contribution < -0.4 is 20.7 Å². The first-order valence-corrected chi connectivity index (χ1v) is 7.13. The molecule has 1 aromatic carbocycles. The lowest BCUT2D eigenvalue weighted by Crippen LogP contribution is -2.30. The van der Waals surface area contributed by atoms with Crippen molar-refractivity contribution in [3.63, 3.8) is 0 Å². The summed E-state index contributed by atoms with van der Waals surface area (Å²) in [6, 6.07) is 9.24. The third-order valence-electron chi connectivity index (χ3n) is 3.10. The summed E-state index contributed by atoms with van der Waals surface area (Å²) in [6.07, 6.45) is 0.648. The van der Waals surface area contributed by atoms with Gasteiger partial charge in [0.25, 0.3) is 0 Å². The first-order valence-electron chi connectivity index (χ1n) is 6.34.